The first kappa shape index (κ1) is 10.1. The molecule has 0 radical (unpaired) electrons. The van der Waals surface area contributed by atoms with Crippen LogP contribution in [0.2, 0.25) is 0 Å². The fraction of sp³-hybridized carbons (Fsp3) is 0.455. The summed E-state index contributed by atoms with van der Waals surface area (Å²) in [7, 11) is 0. The van der Waals surface area contributed by atoms with Crippen LogP contribution in [-0.2, 0) is 6.42 Å². The molecule has 76 valence electrons. The molecule has 1 aliphatic rings. The summed E-state index contributed by atoms with van der Waals surface area (Å²) in [5.74, 6) is -0.242. The van der Waals surface area contributed by atoms with Gasteiger partial charge >= 0.3 is 0 Å². The summed E-state index contributed by atoms with van der Waals surface area (Å²) in [6.45, 7) is 1.87. The van der Waals surface area contributed by atoms with E-state index in [4.69, 9.17) is 0 Å². The summed E-state index contributed by atoms with van der Waals surface area (Å²) in [5, 5.41) is 9.76. The first-order valence-corrected chi connectivity index (χ1v) is 5.46. The molecule has 2 rings (SSSR count). The van der Waals surface area contributed by atoms with E-state index in [1.54, 1.807) is 6.07 Å². The Morgan fingerprint density at radius 2 is 2.14 bits per heavy atom. The summed E-state index contributed by atoms with van der Waals surface area (Å²) >= 11 is 3.15. The number of aryl methyl sites for hydroxylation is 1. The summed E-state index contributed by atoms with van der Waals surface area (Å²) in [6.07, 6.45) is 2.36. The van der Waals surface area contributed by atoms with E-state index in [-0.39, 0.29) is 5.82 Å². The minimum Gasteiger partial charge on any atom is -0.390 e. The zero-order valence-electron chi connectivity index (χ0n) is 7.98. The Morgan fingerprint density at radius 3 is 2.71 bits per heavy atom. The molecule has 1 aliphatic carbocycles. The third-order valence-electron chi connectivity index (χ3n) is 2.73. The van der Waals surface area contributed by atoms with E-state index in [9.17, 15) is 9.50 Å². The molecular weight excluding hydrogens is 247 g/mol. The second kappa shape index (κ2) is 3.31. The molecule has 0 saturated heterocycles. The Morgan fingerprint density at radius 1 is 1.50 bits per heavy atom. The standard InChI is InChI=1S/C11H12BrFO/c1-7-4-10(13)9(12)5-8(7)6-11(14)2-3-11/h4-5,14H,2-3,6H2,1H3. The van der Waals surface area contributed by atoms with Crippen LogP contribution in [0.5, 0.6) is 0 Å². The Kier molecular flexibility index (Phi) is 2.40. The molecule has 0 amide bonds. The number of hydrogen-bond donors (Lipinski definition) is 1. The van der Waals surface area contributed by atoms with E-state index in [1.165, 1.54) is 6.07 Å². The second-order valence-electron chi connectivity index (χ2n) is 4.09. The van der Waals surface area contributed by atoms with Crippen molar-refractivity contribution in [1.29, 1.82) is 0 Å². The van der Waals surface area contributed by atoms with Crippen molar-refractivity contribution in [2.45, 2.75) is 31.8 Å². The number of aliphatic hydroxyl groups is 1. The molecule has 0 aliphatic heterocycles. The van der Waals surface area contributed by atoms with Crippen LogP contribution >= 0.6 is 15.9 Å². The minimum atomic E-state index is -0.512. The van der Waals surface area contributed by atoms with Crippen LogP contribution in [0.3, 0.4) is 0 Å². The van der Waals surface area contributed by atoms with Gasteiger partial charge in [0.25, 0.3) is 0 Å². The van der Waals surface area contributed by atoms with Crippen LogP contribution in [0.15, 0.2) is 16.6 Å². The van der Waals surface area contributed by atoms with Gasteiger partial charge in [0.1, 0.15) is 5.82 Å². The molecule has 0 unspecified atom stereocenters. The summed E-state index contributed by atoms with van der Waals surface area (Å²) in [4.78, 5) is 0. The second-order valence-corrected chi connectivity index (χ2v) is 4.95. The molecule has 1 nitrogen and oxygen atoms in total. The van der Waals surface area contributed by atoms with Gasteiger partial charge in [-0.25, -0.2) is 4.39 Å². The molecule has 1 aromatic carbocycles. The lowest BCUT2D eigenvalue weighted by molar-refractivity contribution is 0.150. The highest BCUT2D eigenvalue weighted by Crippen LogP contribution is 2.39. The smallest absolute Gasteiger partial charge is 0.137 e. The fourth-order valence-corrected chi connectivity index (χ4v) is 1.94. The van der Waals surface area contributed by atoms with Gasteiger partial charge in [-0.2, -0.15) is 0 Å². The molecule has 1 fully saturated rings. The number of halogens is 2. The molecule has 0 heterocycles. The fourth-order valence-electron chi connectivity index (χ4n) is 1.55. The Labute approximate surface area is 91.1 Å². The average Bonchev–Trinajstić information content (AvgIpc) is 2.80. The molecule has 0 spiro atoms. The zero-order valence-corrected chi connectivity index (χ0v) is 9.57. The summed E-state index contributed by atoms with van der Waals surface area (Å²) in [6, 6.07) is 3.27. The van der Waals surface area contributed by atoms with Gasteiger partial charge in [0, 0.05) is 6.42 Å². The van der Waals surface area contributed by atoms with Gasteiger partial charge in [-0.1, -0.05) is 0 Å². The normalized spacial score (nSPS) is 18.3. The van der Waals surface area contributed by atoms with Crippen molar-refractivity contribution in [3.8, 4) is 0 Å². The quantitative estimate of drug-likeness (QED) is 0.865. The van der Waals surface area contributed by atoms with Gasteiger partial charge in [-0.3, -0.25) is 0 Å². The van der Waals surface area contributed by atoms with Crippen LogP contribution in [0.25, 0.3) is 0 Å². The first-order chi connectivity index (χ1) is 6.50. The first-order valence-electron chi connectivity index (χ1n) is 4.67. The number of hydrogen-bond acceptors (Lipinski definition) is 1. The van der Waals surface area contributed by atoms with E-state index in [0.717, 1.165) is 24.0 Å². The number of benzene rings is 1. The van der Waals surface area contributed by atoms with Crippen molar-refractivity contribution in [3.63, 3.8) is 0 Å². The third-order valence-corrected chi connectivity index (χ3v) is 3.33. The van der Waals surface area contributed by atoms with E-state index < -0.39 is 5.60 Å². The highest BCUT2D eigenvalue weighted by atomic mass is 79.9. The molecule has 0 aromatic heterocycles. The van der Waals surface area contributed by atoms with Crippen LogP contribution in [0.1, 0.15) is 24.0 Å². The van der Waals surface area contributed by atoms with E-state index in [1.807, 2.05) is 6.92 Å². The van der Waals surface area contributed by atoms with Gasteiger partial charge < -0.3 is 5.11 Å². The zero-order chi connectivity index (χ0) is 10.3. The maximum atomic E-state index is 13.1. The van der Waals surface area contributed by atoms with E-state index in [2.05, 4.69) is 15.9 Å². The monoisotopic (exact) mass is 258 g/mol. The Bertz CT molecular complexity index is 372. The van der Waals surface area contributed by atoms with E-state index >= 15 is 0 Å². The van der Waals surface area contributed by atoms with Crippen molar-refractivity contribution in [2.75, 3.05) is 0 Å². The van der Waals surface area contributed by atoms with Gasteiger partial charge in [0.2, 0.25) is 0 Å². The van der Waals surface area contributed by atoms with Gasteiger partial charge in [-0.15, -0.1) is 0 Å². The largest absolute Gasteiger partial charge is 0.390 e. The number of rotatable bonds is 2. The van der Waals surface area contributed by atoms with Crippen molar-refractivity contribution < 1.29 is 9.50 Å². The summed E-state index contributed by atoms with van der Waals surface area (Å²) < 4.78 is 13.6. The van der Waals surface area contributed by atoms with Crippen LogP contribution in [0.4, 0.5) is 4.39 Å². The lowest BCUT2D eigenvalue weighted by Gasteiger charge is -2.11. The Balaban J connectivity index is 2.29. The predicted octanol–water partition coefficient (Wildman–Crippen LogP) is 2.96. The molecule has 1 N–H and O–H groups in total. The predicted molar refractivity (Wildman–Crippen MR) is 56.7 cm³/mol. The van der Waals surface area contributed by atoms with Gasteiger partial charge in [0.05, 0.1) is 10.1 Å². The van der Waals surface area contributed by atoms with Crippen molar-refractivity contribution in [2.24, 2.45) is 0 Å². The molecular formula is C11H12BrFO. The van der Waals surface area contributed by atoms with Gasteiger partial charge in [0.15, 0.2) is 0 Å². The lowest BCUT2D eigenvalue weighted by atomic mass is 10.0. The SMILES string of the molecule is Cc1cc(F)c(Br)cc1CC1(O)CC1. The van der Waals surface area contributed by atoms with Crippen molar-refractivity contribution in [3.05, 3.63) is 33.5 Å². The highest BCUT2D eigenvalue weighted by Gasteiger charge is 2.40. The van der Waals surface area contributed by atoms with E-state index in [0.29, 0.717) is 10.9 Å². The van der Waals surface area contributed by atoms with Crippen molar-refractivity contribution >= 4 is 15.9 Å². The summed E-state index contributed by atoms with van der Waals surface area (Å²) in [5.41, 5.74) is 1.42. The molecule has 14 heavy (non-hydrogen) atoms. The molecule has 1 saturated carbocycles. The highest BCUT2D eigenvalue weighted by molar-refractivity contribution is 9.10. The van der Waals surface area contributed by atoms with Crippen LogP contribution in [0, 0.1) is 12.7 Å². The maximum absolute atomic E-state index is 13.1. The molecule has 3 heteroatoms. The lowest BCUT2D eigenvalue weighted by Crippen LogP contribution is -2.11. The Hall–Kier alpha value is -0.410. The molecule has 0 atom stereocenters. The van der Waals surface area contributed by atoms with Crippen LogP contribution in [-0.4, -0.2) is 10.7 Å². The average molecular weight is 259 g/mol. The van der Waals surface area contributed by atoms with Gasteiger partial charge in [-0.05, 0) is 59.0 Å². The van der Waals surface area contributed by atoms with Crippen LogP contribution < -0.4 is 0 Å². The third kappa shape index (κ3) is 1.98. The molecule has 0 bridgehead atoms. The van der Waals surface area contributed by atoms with Crippen molar-refractivity contribution in [1.82, 2.24) is 0 Å². The maximum Gasteiger partial charge on any atom is 0.137 e. The minimum absolute atomic E-state index is 0.242. The topological polar surface area (TPSA) is 20.2 Å². The molecule has 1 aromatic rings.